The fourth-order valence-corrected chi connectivity index (χ4v) is 1.73. The molecule has 1 heterocycles. The minimum absolute atomic E-state index is 0.0783. The van der Waals surface area contributed by atoms with E-state index in [4.69, 9.17) is 14.2 Å². The summed E-state index contributed by atoms with van der Waals surface area (Å²) < 4.78 is 16.4. The molecule has 1 fully saturated rings. The third kappa shape index (κ3) is 6.99. The highest BCUT2D eigenvalue weighted by molar-refractivity contribution is 4.68. The van der Waals surface area contributed by atoms with Gasteiger partial charge >= 0.3 is 0 Å². The van der Waals surface area contributed by atoms with Gasteiger partial charge < -0.3 is 19.5 Å². The number of methoxy groups -OCH3 is 1. The molecule has 0 spiro atoms. The summed E-state index contributed by atoms with van der Waals surface area (Å²) >= 11 is 0. The molecule has 1 aliphatic rings. The summed E-state index contributed by atoms with van der Waals surface area (Å²) in [5, 5.41) is 3.36. The van der Waals surface area contributed by atoms with E-state index in [-0.39, 0.29) is 5.60 Å². The number of hydrogen-bond donors (Lipinski definition) is 1. The van der Waals surface area contributed by atoms with Crippen molar-refractivity contribution in [1.29, 1.82) is 0 Å². The van der Waals surface area contributed by atoms with Crippen molar-refractivity contribution in [3.05, 3.63) is 0 Å². The Balaban J connectivity index is 1.84. The zero-order valence-electron chi connectivity index (χ0n) is 11.5. The molecule has 0 bridgehead atoms. The molecule has 0 radical (unpaired) electrons. The Hall–Kier alpha value is -0.160. The van der Waals surface area contributed by atoms with Crippen LogP contribution in [0.3, 0.4) is 0 Å². The summed E-state index contributed by atoms with van der Waals surface area (Å²) in [5.74, 6) is 0. The lowest BCUT2D eigenvalue weighted by atomic mass is 10.1. The molecule has 0 aliphatic carbocycles. The normalized spacial score (nSPS) is 21.0. The van der Waals surface area contributed by atoms with E-state index in [2.05, 4.69) is 19.2 Å². The van der Waals surface area contributed by atoms with Gasteiger partial charge in [0.05, 0.1) is 18.3 Å². The van der Waals surface area contributed by atoms with Gasteiger partial charge in [0.1, 0.15) is 0 Å². The monoisotopic (exact) mass is 245 g/mol. The van der Waals surface area contributed by atoms with E-state index in [0.29, 0.717) is 6.10 Å². The summed E-state index contributed by atoms with van der Waals surface area (Å²) in [6.45, 7) is 8.43. The summed E-state index contributed by atoms with van der Waals surface area (Å²) in [4.78, 5) is 0. The van der Waals surface area contributed by atoms with Gasteiger partial charge in [-0.05, 0) is 33.1 Å². The van der Waals surface area contributed by atoms with Crippen LogP contribution in [0.25, 0.3) is 0 Å². The molecule has 1 saturated heterocycles. The van der Waals surface area contributed by atoms with Crippen molar-refractivity contribution in [1.82, 2.24) is 5.32 Å². The van der Waals surface area contributed by atoms with E-state index in [1.165, 1.54) is 12.8 Å². The average molecular weight is 245 g/mol. The van der Waals surface area contributed by atoms with Gasteiger partial charge in [0.15, 0.2) is 0 Å². The molecule has 0 aromatic carbocycles. The van der Waals surface area contributed by atoms with Crippen molar-refractivity contribution >= 4 is 0 Å². The molecule has 1 N–H and O–H groups in total. The van der Waals surface area contributed by atoms with Gasteiger partial charge in [-0.3, -0.25) is 0 Å². The molecule has 0 saturated carbocycles. The van der Waals surface area contributed by atoms with E-state index in [1.807, 2.05) is 0 Å². The van der Waals surface area contributed by atoms with Crippen LogP contribution in [0.1, 0.15) is 33.1 Å². The van der Waals surface area contributed by atoms with Crippen LogP contribution in [-0.4, -0.2) is 51.7 Å². The first-order valence-electron chi connectivity index (χ1n) is 6.59. The van der Waals surface area contributed by atoms with E-state index >= 15 is 0 Å². The number of hydrogen-bond acceptors (Lipinski definition) is 4. The molecule has 0 aromatic rings. The Morgan fingerprint density at radius 3 is 2.82 bits per heavy atom. The molecule has 1 rings (SSSR count). The molecule has 1 aliphatic heterocycles. The Morgan fingerprint density at radius 1 is 1.35 bits per heavy atom. The van der Waals surface area contributed by atoms with Gasteiger partial charge in [0, 0.05) is 33.4 Å². The largest absolute Gasteiger partial charge is 0.380 e. The van der Waals surface area contributed by atoms with Crippen LogP contribution in [0.15, 0.2) is 0 Å². The number of rotatable bonds is 9. The molecular weight excluding hydrogens is 218 g/mol. The number of ether oxygens (including phenoxy) is 3. The highest BCUT2D eigenvalue weighted by atomic mass is 16.5. The van der Waals surface area contributed by atoms with Crippen molar-refractivity contribution in [3.63, 3.8) is 0 Å². The second kappa shape index (κ2) is 8.03. The van der Waals surface area contributed by atoms with Crippen LogP contribution in [0, 0.1) is 0 Å². The van der Waals surface area contributed by atoms with Crippen LogP contribution < -0.4 is 5.32 Å². The Kier molecular flexibility index (Phi) is 7.04. The van der Waals surface area contributed by atoms with Gasteiger partial charge in [-0.1, -0.05) is 0 Å². The van der Waals surface area contributed by atoms with E-state index < -0.39 is 0 Å². The molecule has 1 atom stereocenters. The van der Waals surface area contributed by atoms with Gasteiger partial charge in [-0.25, -0.2) is 0 Å². The zero-order valence-corrected chi connectivity index (χ0v) is 11.5. The third-order valence-corrected chi connectivity index (χ3v) is 3.22. The molecule has 0 aromatic heterocycles. The fraction of sp³-hybridized carbons (Fsp3) is 1.00. The fourth-order valence-electron chi connectivity index (χ4n) is 1.73. The van der Waals surface area contributed by atoms with E-state index in [0.717, 1.165) is 39.3 Å². The SMILES string of the molecule is COC(C)(C)CCOCCNCC1CCCO1. The van der Waals surface area contributed by atoms with Crippen LogP contribution >= 0.6 is 0 Å². The zero-order chi connectivity index (χ0) is 12.6. The van der Waals surface area contributed by atoms with Crippen LogP contribution in [-0.2, 0) is 14.2 Å². The number of nitrogens with one attached hydrogen (secondary N) is 1. The summed E-state index contributed by atoms with van der Waals surface area (Å²) in [6.07, 6.45) is 3.74. The molecule has 4 heteroatoms. The predicted octanol–water partition coefficient (Wildman–Crippen LogP) is 1.59. The third-order valence-electron chi connectivity index (χ3n) is 3.22. The van der Waals surface area contributed by atoms with Crippen molar-refractivity contribution in [3.8, 4) is 0 Å². The maximum atomic E-state index is 5.55. The first-order valence-corrected chi connectivity index (χ1v) is 6.59. The standard InChI is InChI=1S/C13H27NO3/c1-13(2,15-3)6-9-16-10-7-14-11-12-5-4-8-17-12/h12,14H,4-11H2,1-3H3. The van der Waals surface area contributed by atoms with Gasteiger partial charge in [0.2, 0.25) is 0 Å². The van der Waals surface area contributed by atoms with Gasteiger partial charge in [-0.2, -0.15) is 0 Å². The first kappa shape index (κ1) is 14.9. The lowest BCUT2D eigenvalue weighted by Gasteiger charge is -2.22. The molecule has 0 amide bonds. The van der Waals surface area contributed by atoms with Gasteiger partial charge in [0.25, 0.3) is 0 Å². The lowest BCUT2D eigenvalue weighted by Crippen LogP contribution is -2.30. The summed E-state index contributed by atoms with van der Waals surface area (Å²) in [6, 6.07) is 0. The Morgan fingerprint density at radius 2 is 2.18 bits per heavy atom. The molecule has 17 heavy (non-hydrogen) atoms. The topological polar surface area (TPSA) is 39.7 Å². The molecule has 102 valence electrons. The van der Waals surface area contributed by atoms with E-state index in [9.17, 15) is 0 Å². The van der Waals surface area contributed by atoms with Crippen LogP contribution in [0.2, 0.25) is 0 Å². The molecule has 4 nitrogen and oxygen atoms in total. The quantitative estimate of drug-likeness (QED) is 0.626. The lowest BCUT2D eigenvalue weighted by molar-refractivity contribution is -0.00953. The second-order valence-electron chi connectivity index (χ2n) is 5.17. The van der Waals surface area contributed by atoms with Crippen molar-refractivity contribution in [2.45, 2.75) is 44.8 Å². The highest BCUT2D eigenvalue weighted by Crippen LogP contribution is 2.12. The van der Waals surface area contributed by atoms with Crippen molar-refractivity contribution < 1.29 is 14.2 Å². The van der Waals surface area contributed by atoms with Crippen LogP contribution in [0.5, 0.6) is 0 Å². The van der Waals surface area contributed by atoms with Crippen molar-refractivity contribution in [2.24, 2.45) is 0 Å². The first-order chi connectivity index (χ1) is 8.14. The average Bonchev–Trinajstić information content (AvgIpc) is 2.81. The second-order valence-corrected chi connectivity index (χ2v) is 5.17. The smallest absolute Gasteiger partial charge is 0.0700 e. The van der Waals surface area contributed by atoms with Crippen LogP contribution in [0.4, 0.5) is 0 Å². The van der Waals surface area contributed by atoms with Crippen molar-refractivity contribution in [2.75, 3.05) is 40.0 Å². The Labute approximate surface area is 105 Å². The molecule has 1 unspecified atom stereocenters. The van der Waals surface area contributed by atoms with Gasteiger partial charge in [-0.15, -0.1) is 0 Å². The Bertz CT molecular complexity index is 191. The predicted molar refractivity (Wildman–Crippen MR) is 68.4 cm³/mol. The minimum Gasteiger partial charge on any atom is -0.380 e. The molecular formula is C13H27NO3. The summed E-state index contributed by atoms with van der Waals surface area (Å²) in [7, 11) is 1.74. The highest BCUT2D eigenvalue weighted by Gasteiger charge is 2.16. The van der Waals surface area contributed by atoms with E-state index in [1.54, 1.807) is 7.11 Å². The maximum absolute atomic E-state index is 5.55. The summed E-state index contributed by atoms with van der Waals surface area (Å²) in [5.41, 5.74) is -0.0783. The maximum Gasteiger partial charge on any atom is 0.0700 e. The minimum atomic E-state index is -0.0783.